The van der Waals surface area contributed by atoms with Gasteiger partial charge in [-0.05, 0) is 42.5 Å². The van der Waals surface area contributed by atoms with E-state index >= 15 is 0 Å². The van der Waals surface area contributed by atoms with Crippen molar-refractivity contribution >= 4 is 5.91 Å². The molecule has 1 unspecified atom stereocenters. The van der Waals surface area contributed by atoms with Gasteiger partial charge in [-0.15, -0.1) is 0 Å². The van der Waals surface area contributed by atoms with E-state index in [0.29, 0.717) is 22.8 Å². The Hall–Kier alpha value is -3.05. The second kappa shape index (κ2) is 7.48. The lowest BCUT2D eigenvalue weighted by Gasteiger charge is -2.14. The minimum absolute atomic E-state index is 0.251. The van der Waals surface area contributed by atoms with Gasteiger partial charge in [0.05, 0.1) is 12.9 Å². The summed E-state index contributed by atoms with van der Waals surface area (Å²) in [6, 6.07) is 19.0. The third-order valence-electron chi connectivity index (χ3n) is 3.45. The van der Waals surface area contributed by atoms with E-state index in [2.05, 4.69) is 5.32 Å². The minimum atomic E-state index is -0.591. The Bertz CT molecular complexity index is 784. The summed E-state index contributed by atoms with van der Waals surface area (Å²) in [7, 11) is 0. The first kappa shape index (κ1) is 15.8. The molecular formula is C19H17NO4. The Labute approximate surface area is 139 Å². The minimum Gasteiger partial charge on any atom is -0.467 e. The van der Waals surface area contributed by atoms with Crippen LogP contribution in [0.3, 0.4) is 0 Å². The van der Waals surface area contributed by atoms with Crippen LogP contribution in [0, 0.1) is 0 Å². The highest BCUT2D eigenvalue weighted by molar-refractivity contribution is 5.94. The number of benzene rings is 2. The molecule has 2 aromatic carbocycles. The zero-order valence-electron chi connectivity index (χ0n) is 12.9. The van der Waals surface area contributed by atoms with E-state index < -0.39 is 6.04 Å². The first-order chi connectivity index (χ1) is 11.8. The SMILES string of the molecule is O=C(NC(CO)c1ccco1)c1cccc(Oc2ccccc2)c1. The van der Waals surface area contributed by atoms with Crippen LogP contribution in [0.2, 0.25) is 0 Å². The van der Waals surface area contributed by atoms with Crippen LogP contribution < -0.4 is 10.1 Å². The van der Waals surface area contributed by atoms with Crippen molar-refractivity contribution in [3.8, 4) is 11.5 Å². The van der Waals surface area contributed by atoms with Gasteiger partial charge in [0.2, 0.25) is 0 Å². The lowest BCUT2D eigenvalue weighted by atomic mass is 10.1. The molecule has 5 heteroatoms. The largest absolute Gasteiger partial charge is 0.467 e. The zero-order valence-corrected chi connectivity index (χ0v) is 12.9. The maximum atomic E-state index is 12.4. The summed E-state index contributed by atoms with van der Waals surface area (Å²) >= 11 is 0. The van der Waals surface area contributed by atoms with Crippen molar-refractivity contribution in [2.24, 2.45) is 0 Å². The standard InChI is InChI=1S/C19H17NO4/c21-13-17(18-10-5-11-23-18)20-19(22)14-6-4-9-16(12-14)24-15-7-2-1-3-8-15/h1-12,17,21H,13H2,(H,20,22). The molecule has 0 aliphatic heterocycles. The van der Waals surface area contributed by atoms with Gasteiger partial charge < -0.3 is 19.6 Å². The Kier molecular flexibility index (Phi) is 4.93. The van der Waals surface area contributed by atoms with Gasteiger partial charge in [-0.2, -0.15) is 0 Å². The van der Waals surface area contributed by atoms with Gasteiger partial charge in [-0.3, -0.25) is 4.79 Å². The smallest absolute Gasteiger partial charge is 0.252 e. The molecule has 2 N–H and O–H groups in total. The van der Waals surface area contributed by atoms with Gasteiger partial charge in [-0.25, -0.2) is 0 Å². The number of aliphatic hydroxyl groups is 1. The summed E-state index contributed by atoms with van der Waals surface area (Å²) in [5, 5.41) is 12.2. The molecule has 1 heterocycles. The number of nitrogens with one attached hydrogen (secondary N) is 1. The Balaban J connectivity index is 1.72. The first-order valence-electron chi connectivity index (χ1n) is 7.54. The van der Waals surface area contributed by atoms with E-state index in [9.17, 15) is 9.90 Å². The third kappa shape index (κ3) is 3.83. The quantitative estimate of drug-likeness (QED) is 0.728. The number of rotatable bonds is 6. The van der Waals surface area contributed by atoms with E-state index in [0.717, 1.165) is 0 Å². The second-order valence-corrected chi connectivity index (χ2v) is 5.17. The highest BCUT2D eigenvalue weighted by Gasteiger charge is 2.17. The van der Waals surface area contributed by atoms with Gasteiger partial charge in [-0.1, -0.05) is 24.3 Å². The molecule has 1 aromatic heterocycles. The lowest BCUT2D eigenvalue weighted by Crippen LogP contribution is -2.30. The number of amides is 1. The summed E-state index contributed by atoms with van der Waals surface area (Å²) in [5.74, 6) is 1.44. The van der Waals surface area contributed by atoms with Crippen LogP contribution >= 0.6 is 0 Å². The lowest BCUT2D eigenvalue weighted by molar-refractivity contribution is 0.0907. The number of hydrogen-bond acceptors (Lipinski definition) is 4. The zero-order chi connectivity index (χ0) is 16.8. The average Bonchev–Trinajstić information content (AvgIpc) is 3.15. The number of ether oxygens (including phenoxy) is 1. The van der Waals surface area contributed by atoms with Crippen LogP contribution in [0.4, 0.5) is 0 Å². The number of hydrogen-bond donors (Lipinski definition) is 2. The van der Waals surface area contributed by atoms with Gasteiger partial charge >= 0.3 is 0 Å². The molecular weight excluding hydrogens is 306 g/mol. The van der Waals surface area contributed by atoms with E-state index in [1.165, 1.54) is 6.26 Å². The van der Waals surface area contributed by atoms with Crippen LogP contribution in [-0.2, 0) is 0 Å². The molecule has 0 spiro atoms. The number of para-hydroxylation sites is 1. The number of carbonyl (C=O) groups is 1. The van der Waals surface area contributed by atoms with Crippen molar-refractivity contribution in [2.45, 2.75) is 6.04 Å². The molecule has 3 rings (SSSR count). The van der Waals surface area contributed by atoms with Gasteiger partial charge in [0.1, 0.15) is 23.3 Å². The average molecular weight is 323 g/mol. The molecule has 0 fully saturated rings. The Morgan fingerprint density at radius 2 is 1.83 bits per heavy atom. The highest BCUT2D eigenvalue weighted by atomic mass is 16.5. The van der Waals surface area contributed by atoms with Crippen LogP contribution in [0.25, 0.3) is 0 Å². The summed E-state index contributed by atoms with van der Waals surface area (Å²) in [4.78, 5) is 12.4. The van der Waals surface area contributed by atoms with E-state index in [1.54, 1.807) is 36.4 Å². The molecule has 0 aliphatic rings. The fourth-order valence-electron chi connectivity index (χ4n) is 2.26. The molecule has 0 radical (unpaired) electrons. The maximum Gasteiger partial charge on any atom is 0.252 e. The van der Waals surface area contributed by atoms with E-state index in [-0.39, 0.29) is 12.5 Å². The molecule has 122 valence electrons. The molecule has 0 bridgehead atoms. The number of aliphatic hydroxyl groups excluding tert-OH is 1. The second-order valence-electron chi connectivity index (χ2n) is 5.17. The normalized spacial score (nSPS) is 11.7. The van der Waals surface area contributed by atoms with Crippen molar-refractivity contribution in [3.05, 3.63) is 84.3 Å². The fraction of sp³-hybridized carbons (Fsp3) is 0.105. The molecule has 1 amide bonds. The van der Waals surface area contributed by atoms with Crippen LogP contribution in [-0.4, -0.2) is 17.6 Å². The molecule has 0 saturated carbocycles. The Morgan fingerprint density at radius 1 is 1.04 bits per heavy atom. The summed E-state index contributed by atoms with van der Waals surface area (Å²) in [5.41, 5.74) is 0.438. The highest BCUT2D eigenvalue weighted by Crippen LogP contribution is 2.22. The maximum absolute atomic E-state index is 12.4. The predicted octanol–water partition coefficient (Wildman–Crippen LogP) is 3.54. The van der Waals surface area contributed by atoms with Crippen molar-refractivity contribution in [3.63, 3.8) is 0 Å². The number of carbonyl (C=O) groups excluding carboxylic acids is 1. The van der Waals surface area contributed by atoms with Crippen LogP contribution in [0.1, 0.15) is 22.2 Å². The predicted molar refractivity (Wildman–Crippen MR) is 89.0 cm³/mol. The monoisotopic (exact) mass is 323 g/mol. The molecule has 0 aliphatic carbocycles. The summed E-state index contributed by atoms with van der Waals surface area (Å²) < 4.78 is 11.0. The van der Waals surface area contributed by atoms with Crippen molar-refractivity contribution in [2.75, 3.05) is 6.61 Å². The van der Waals surface area contributed by atoms with Crippen LogP contribution in [0.15, 0.2) is 77.4 Å². The van der Waals surface area contributed by atoms with Crippen molar-refractivity contribution < 1.29 is 19.1 Å². The fourth-order valence-corrected chi connectivity index (χ4v) is 2.26. The molecule has 24 heavy (non-hydrogen) atoms. The Morgan fingerprint density at radius 3 is 2.54 bits per heavy atom. The topological polar surface area (TPSA) is 71.7 Å². The molecule has 5 nitrogen and oxygen atoms in total. The third-order valence-corrected chi connectivity index (χ3v) is 3.45. The molecule has 1 atom stereocenters. The van der Waals surface area contributed by atoms with Gasteiger partial charge in [0.15, 0.2) is 0 Å². The van der Waals surface area contributed by atoms with Gasteiger partial charge in [0.25, 0.3) is 5.91 Å². The van der Waals surface area contributed by atoms with Crippen LogP contribution in [0.5, 0.6) is 11.5 Å². The van der Waals surface area contributed by atoms with Crippen molar-refractivity contribution in [1.29, 1.82) is 0 Å². The summed E-state index contributed by atoms with van der Waals surface area (Å²) in [6.07, 6.45) is 1.50. The number of furan rings is 1. The molecule has 3 aromatic rings. The summed E-state index contributed by atoms with van der Waals surface area (Å²) in [6.45, 7) is -0.251. The van der Waals surface area contributed by atoms with E-state index in [1.807, 2.05) is 30.3 Å². The van der Waals surface area contributed by atoms with Gasteiger partial charge in [0, 0.05) is 5.56 Å². The first-order valence-corrected chi connectivity index (χ1v) is 7.54. The van der Waals surface area contributed by atoms with E-state index in [4.69, 9.17) is 9.15 Å². The van der Waals surface area contributed by atoms with Crippen molar-refractivity contribution in [1.82, 2.24) is 5.32 Å². The molecule has 0 saturated heterocycles.